The van der Waals surface area contributed by atoms with E-state index in [2.05, 4.69) is 128 Å². The van der Waals surface area contributed by atoms with Gasteiger partial charge in [0.05, 0.1) is 22.4 Å². The van der Waals surface area contributed by atoms with Gasteiger partial charge in [-0.15, -0.1) is 0 Å². The van der Waals surface area contributed by atoms with Crippen molar-refractivity contribution in [2.24, 2.45) is 0 Å². The van der Waals surface area contributed by atoms with Crippen LogP contribution in [0.25, 0.3) is 83.3 Å². The summed E-state index contributed by atoms with van der Waals surface area (Å²) >= 11 is 0. The predicted octanol–water partition coefficient (Wildman–Crippen LogP) is 11.1. The smallest absolute Gasteiger partial charge is 0.161 e. The third kappa shape index (κ3) is 3.70. The van der Waals surface area contributed by atoms with E-state index in [1.54, 1.807) is 0 Å². The van der Waals surface area contributed by atoms with Crippen molar-refractivity contribution in [1.29, 1.82) is 0 Å². The monoisotopic (exact) mass is 603 g/mol. The number of para-hydroxylation sites is 3. The number of hydrogen-bond acceptors (Lipinski definition) is 3. The van der Waals surface area contributed by atoms with Crippen molar-refractivity contribution in [2.45, 2.75) is 19.3 Å². The molecule has 1 aliphatic rings. The topological polar surface area (TPSA) is 43.9 Å². The highest BCUT2D eigenvalue weighted by molar-refractivity contribution is 6.17. The van der Waals surface area contributed by atoms with Gasteiger partial charge in [0, 0.05) is 32.7 Å². The molecular formula is C43H29N3O. The maximum Gasteiger partial charge on any atom is 0.161 e. The van der Waals surface area contributed by atoms with Gasteiger partial charge in [0.1, 0.15) is 11.1 Å². The number of fused-ring (bicyclic) bond motifs is 8. The fraction of sp³-hybridized carbons (Fsp3) is 0.0698. The number of rotatable bonds is 3. The lowest BCUT2D eigenvalue weighted by atomic mass is 9.74. The lowest BCUT2D eigenvalue weighted by Crippen LogP contribution is -2.26. The van der Waals surface area contributed by atoms with Gasteiger partial charge >= 0.3 is 0 Å². The second kappa shape index (κ2) is 9.51. The molecule has 0 radical (unpaired) electrons. The van der Waals surface area contributed by atoms with Crippen molar-refractivity contribution in [3.05, 3.63) is 151 Å². The van der Waals surface area contributed by atoms with Crippen molar-refractivity contribution >= 4 is 43.9 Å². The van der Waals surface area contributed by atoms with E-state index in [0.717, 1.165) is 66.6 Å². The Labute approximate surface area is 271 Å². The zero-order valence-corrected chi connectivity index (χ0v) is 26.0. The van der Waals surface area contributed by atoms with Crippen LogP contribution in [0.1, 0.15) is 25.0 Å². The van der Waals surface area contributed by atoms with Crippen LogP contribution in [0.3, 0.4) is 0 Å². The third-order valence-corrected chi connectivity index (χ3v) is 9.99. The molecule has 0 saturated heterocycles. The lowest BCUT2D eigenvalue weighted by molar-refractivity contribution is 0.630. The molecule has 47 heavy (non-hydrogen) atoms. The number of aromatic nitrogens is 3. The Kier molecular flexibility index (Phi) is 5.31. The first-order valence-corrected chi connectivity index (χ1v) is 16.1. The van der Waals surface area contributed by atoms with Crippen molar-refractivity contribution in [2.75, 3.05) is 0 Å². The predicted molar refractivity (Wildman–Crippen MR) is 192 cm³/mol. The highest BCUT2D eigenvalue weighted by atomic mass is 16.3. The first-order valence-electron chi connectivity index (χ1n) is 16.1. The van der Waals surface area contributed by atoms with Crippen LogP contribution in [-0.2, 0) is 5.41 Å². The van der Waals surface area contributed by atoms with Crippen molar-refractivity contribution in [1.82, 2.24) is 14.5 Å². The summed E-state index contributed by atoms with van der Waals surface area (Å²) in [7, 11) is 0. The van der Waals surface area contributed by atoms with Gasteiger partial charge < -0.3 is 8.98 Å². The second-order valence-corrected chi connectivity index (χ2v) is 13.0. The van der Waals surface area contributed by atoms with Crippen LogP contribution in [0.5, 0.6) is 0 Å². The van der Waals surface area contributed by atoms with Gasteiger partial charge in [-0.2, -0.15) is 0 Å². The molecule has 3 aromatic heterocycles. The Morgan fingerprint density at radius 1 is 0.532 bits per heavy atom. The number of benzene rings is 6. The number of hydrogen-bond donors (Lipinski definition) is 0. The van der Waals surface area contributed by atoms with E-state index >= 15 is 0 Å². The summed E-state index contributed by atoms with van der Waals surface area (Å²) in [6.07, 6.45) is 0. The largest absolute Gasteiger partial charge is 0.454 e. The van der Waals surface area contributed by atoms with Gasteiger partial charge in [-0.1, -0.05) is 111 Å². The molecule has 10 rings (SSSR count). The van der Waals surface area contributed by atoms with Crippen LogP contribution >= 0.6 is 0 Å². The van der Waals surface area contributed by atoms with Crippen molar-refractivity contribution < 1.29 is 4.42 Å². The molecule has 0 bridgehead atoms. The minimum absolute atomic E-state index is 0.211. The van der Waals surface area contributed by atoms with Crippen molar-refractivity contribution in [3.63, 3.8) is 0 Å². The Hall–Kier alpha value is -6.00. The van der Waals surface area contributed by atoms with Gasteiger partial charge in [0.25, 0.3) is 0 Å². The molecule has 0 unspecified atom stereocenters. The number of nitrogens with zero attached hydrogens (tertiary/aromatic N) is 3. The quantitative estimate of drug-likeness (QED) is 0.202. The molecule has 0 atom stereocenters. The van der Waals surface area contributed by atoms with Crippen LogP contribution in [0.4, 0.5) is 0 Å². The lowest BCUT2D eigenvalue weighted by Gasteiger charge is -2.35. The van der Waals surface area contributed by atoms with E-state index in [0.29, 0.717) is 0 Å². The van der Waals surface area contributed by atoms with E-state index in [9.17, 15) is 0 Å². The molecule has 9 aromatic rings. The minimum Gasteiger partial charge on any atom is -0.454 e. The Balaban J connectivity index is 1.17. The summed E-state index contributed by atoms with van der Waals surface area (Å²) < 4.78 is 8.93. The van der Waals surface area contributed by atoms with Crippen LogP contribution in [0, 0.1) is 0 Å². The Morgan fingerprint density at radius 2 is 1.23 bits per heavy atom. The van der Waals surface area contributed by atoms with Gasteiger partial charge in [0.15, 0.2) is 11.4 Å². The molecule has 0 fully saturated rings. The summed E-state index contributed by atoms with van der Waals surface area (Å²) in [5, 5.41) is 3.34. The van der Waals surface area contributed by atoms with E-state index < -0.39 is 0 Å². The molecule has 4 heterocycles. The number of furan rings is 1. The van der Waals surface area contributed by atoms with Crippen LogP contribution in [0.2, 0.25) is 0 Å². The molecule has 4 heteroatoms. The van der Waals surface area contributed by atoms with Gasteiger partial charge in [-0.3, -0.25) is 0 Å². The summed E-state index contributed by atoms with van der Waals surface area (Å²) in [4.78, 5) is 10.1. The Morgan fingerprint density at radius 3 is 2.13 bits per heavy atom. The normalized spacial score (nSPS) is 13.5. The summed E-state index contributed by atoms with van der Waals surface area (Å²) in [6.45, 7) is 4.69. The molecule has 0 amide bonds. The van der Waals surface area contributed by atoms with E-state index in [1.165, 1.54) is 27.9 Å². The zero-order valence-electron chi connectivity index (χ0n) is 26.0. The maximum absolute atomic E-state index is 6.50. The molecule has 0 aliphatic carbocycles. The maximum atomic E-state index is 6.50. The summed E-state index contributed by atoms with van der Waals surface area (Å²) in [6, 6.07) is 49.2. The van der Waals surface area contributed by atoms with Crippen molar-refractivity contribution in [3.8, 4) is 39.5 Å². The molecule has 0 saturated carbocycles. The summed E-state index contributed by atoms with van der Waals surface area (Å²) in [5.74, 6) is 0.732. The average Bonchev–Trinajstić information content (AvgIpc) is 3.66. The van der Waals surface area contributed by atoms with E-state index in [1.807, 2.05) is 30.3 Å². The molecule has 4 nitrogen and oxygen atoms in total. The highest BCUT2D eigenvalue weighted by Crippen LogP contribution is 2.50. The van der Waals surface area contributed by atoms with Crippen LogP contribution in [-0.4, -0.2) is 14.5 Å². The van der Waals surface area contributed by atoms with E-state index in [4.69, 9.17) is 14.4 Å². The van der Waals surface area contributed by atoms with Crippen LogP contribution < -0.4 is 0 Å². The standard InChI is InChI=1S/C43H29N3O/c1-43(2)33-19-11-18-32-39(33)46(40-31-17-7-9-21-37(31)47-41(32)40)36-23-22-28(25-34(36)43)27-14-10-15-29(24-27)38-30-16-6-8-20-35(30)44-42(45-38)26-12-4-3-5-13-26/h3-25H,1-2H3. The molecule has 0 N–H and O–H groups in total. The summed E-state index contributed by atoms with van der Waals surface area (Å²) in [5.41, 5.74) is 14.1. The highest BCUT2D eigenvalue weighted by Gasteiger charge is 2.36. The SMILES string of the molecule is CC1(C)c2cc(-c3cccc(-c4nc(-c5ccccc5)nc5ccccc45)c3)ccc2-n2c3c1cccc3c1oc3ccccc3c12. The average molecular weight is 604 g/mol. The third-order valence-electron chi connectivity index (χ3n) is 9.99. The van der Waals surface area contributed by atoms with Gasteiger partial charge in [-0.05, 0) is 64.7 Å². The van der Waals surface area contributed by atoms with Gasteiger partial charge in [-0.25, -0.2) is 9.97 Å². The molecule has 0 spiro atoms. The van der Waals surface area contributed by atoms with Crippen LogP contribution in [0.15, 0.2) is 144 Å². The minimum atomic E-state index is -0.211. The molecule has 6 aromatic carbocycles. The Bertz CT molecular complexity index is 2710. The fourth-order valence-electron chi connectivity index (χ4n) is 7.68. The van der Waals surface area contributed by atoms with Gasteiger partial charge in [0.2, 0.25) is 0 Å². The first-order chi connectivity index (χ1) is 23.1. The molecular weight excluding hydrogens is 574 g/mol. The van der Waals surface area contributed by atoms with E-state index in [-0.39, 0.29) is 5.41 Å². The second-order valence-electron chi connectivity index (χ2n) is 13.0. The first kappa shape index (κ1) is 26.2. The fourth-order valence-corrected chi connectivity index (χ4v) is 7.68. The zero-order chi connectivity index (χ0) is 31.3. The molecule has 222 valence electrons. The molecule has 1 aliphatic heterocycles.